The number of amides is 1. The summed E-state index contributed by atoms with van der Waals surface area (Å²) >= 11 is 1.50. The van der Waals surface area contributed by atoms with Gasteiger partial charge in [0.1, 0.15) is 5.82 Å². The van der Waals surface area contributed by atoms with Gasteiger partial charge in [-0.1, -0.05) is 12.1 Å². The lowest BCUT2D eigenvalue weighted by atomic mass is 10.2. The highest BCUT2D eigenvalue weighted by Crippen LogP contribution is 2.11. The van der Waals surface area contributed by atoms with Crippen molar-refractivity contribution in [1.82, 2.24) is 4.90 Å². The molecule has 2 aromatic rings. The molecule has 2 nitrogen and oxygen atoms in total. The molecule has 0 aliphatic rings. The summed E-state index contributed by atoms with van der Waals surface area (Å²) < 4.78 is 12.7. The Labute approximate surface area is 103 Å². The average Bonchev–Trinajstić information content (AvgIpc) is 2.84. The minimum Gasteiger partial charge on any atom is -0.337 e. The van der Waals surface area contributed by atoms with Gasteiger partial charge < -0.3 is 4.90 Å². The molecule has 0 unspecified atom stereocenters. The van der Waals surface area contributed by atoms with Crippen LogP contribution in [0.25, 0.3) is 0 Å². The summed E-state index contributed by atoms with van der Waals surface area (Å²) in [6.07, 6.45) is 0. The summed E-state index contributed by atoms with van der Waals surface area (Å²) in [6.45, 7) is 0.481. The van der Waals surface area contributed by atoms with Crippen LogP contribution < -0.4 is 0 Å². The van der Waals surface area contributed by atoms with Crippen molar-refractivity contribution in [3.05, 3.63) is 58.0 Å². The lowest BCUT2D eigenvalue weighted by molar-refractivity contribution is 0.0785. The zero-order chi connectivity index (χ0) is 12.3. The van der Waals surface area contributed by atoms with Crippen molar-refractivity contribution in [2.75, 3.05) is 7.05 Å². The third kappa shape index (κ3) is 2.91. The zero-order valence-electron chi connectivity index (χ0n) is 9.39. The number of hydrogen-bond donors (Lipinski definition) is 0. The number of hydrogen-bond acceptors (Lipinski definition) is 2. The van der Waals surface area contributed by atoms with E-state index in [1.54, 1.807) is 30.1 Å². The van der Waals surface area contributed by atoms with Crippen LogP contribution >= 0.6 is 11.3 Å². The molecule has 1 aromatic heterocycles. The smallest absolute Gasteiger partial charge is 0.254 e. The quantitative estimate of drug-likeness (QED) is 0.818. The van der Waals surface area contributed by atoms with Crippen molar-refractivity contribution < 1.29 is 9.18 Å². The summed E-state index contributed by atoms with van der Waals surface area (Å²) in [6, 6.07) is 7.98. The molecule has 0 N–H and O–H groups in total. The highest BCUT2D eigenvalue weighted by atomic mass is 32.1. The van der Waals surface area contributed by atoms with Crippen LogP contribution in [0.5, 0.6) is 0 Å². The van der Waals surface area contributed by atoms with Gasteiger partial charge in [0.15, 0.2) is 0 Å². The first-order valence-corrected chi connectivity index (χ1v) is 6.13. The molecule has 2 rings (SSSR count). The number of thiophene rings is 1. The second-order valence-corrected chi connectivity index (χ2v) is 4.58. The number of nitrogens with zero attached hydrogens (tertiary/aromatic N) is 1. The average molecular weight is 249 g/mol. The summed E-state index contributed by atoms with van der Waals surface area (Å²) in [4.78, 5) is 13.6. The fraction of sp³-hybridized carbons (Fsp3) is 0.154. The Balaban J connectivity index is 2.04. The molecule has 88 valence electrons. The molecule has 0 spiro atoms. The third-order valence-corrected chi connectivity index (χ3v) is 3.13. The second kappa shape index (κ2) is 5.10. The molecule has 0 aliphatic heterocycles. The van der Waals surface area contributed by atoms with Gasteiger partial charge in [0.2, 0.25) is 0 Å². The number of halogens is 1. The maximum absolute atomic E-state index is 12.7. The fourth-order valence-corrected chi connectivity index (χ4v) is 2.17. The first-order chi connectivity index (χ1) is 8.16. The van der Waals surface area contributed by atoms with Crippen molar-refractivity contribution in [1.29, 1.82) is 0 Å². The standard InChI is InChI=1S/C13H12FNOS/c1-15(13(16)11-6-7-17-9-11)8-10-2-4-12(14)5-3-10/h2-7,9H,8H2,1H3. The van der Waals surface area contributed by atoms with Gasteiger partial charge in [-0.15, -0.1) is 0 Å². The Hall–Kier alpha value is -1.68. The SMILES string of the molecule is CN(Cc1ccc(F)cc1)C(=O)c1ccsc1. The maximum Gasteiger partial charge on any atom is 0.254 e. The first-order valence-electron chi connectivity index (χ1n) is 5.19. The Morgan fingerprint density at radius 3 is 2.59 bits per heavy atom. The van der Waals surface area contributed by atoms with Crippen LogP contribution in [0.3, 0.4) is 0 Å². The van der Waals surface area contributed by atoms with E-state index in [1.807, 2.05) is 10.8 Å². The highest BCUT2D eigenvalue weighted by Gasteiger charge is 2.11. The molecular weight excluding hydrogens is 237 g/mol. The van der Waals surface area contributed by atoms with E-state index in [1.165, 1.54) is 23.5 Å². The van der Waals surface area contributed by atoms with E-state index in [2.05, 4.69) is 0 Å². The topological polar surface area (TPSA) is 20.3 Å². The van der Waals surface area contributed by atoms with Crippen LogP contribution in [0.2, 0.25) is 0 Å². The molecule has 0 fully saturated rings. The van der Waals surface area contributed by atoms with Crippen molar-refractivity contribution in [3.8, 4) is 0 Å². The van der Waals surface area contributed by atoms with Crippen LogP contribution in [0.1, 0.15) is 15.9 Å². The van der Waals surface area contributed by atoms with Gasteiger partial charge in [0, 0.05) is 19.0 Å². The Morgan fingerprint density at radius 1 is 1.29 bits per heavy atom. The number of rotatable bonds is 3. The van der Waals surface area contributed by atoms with Crippen LogP contribution in [-0.2, 0) is 6.54 Å². The molecular formula is C13H12FNOS. The highest BCUT2D eigenvalue weighted by molar-refractivity contribution is 7.08. The normalized spacial score (nSPS) is 10.2. The third-order valence-electron chi connectivity index (χ3n) is 2.45. The van der Waals surface area contributed by atoms with E-state index >= 15 is 0 Å². The molecule has 0 saturated heterocycles. The molecule has 1 heterocycles. The number of benzene rings is 1. The predicted molar refractivity (Wildman–Crippen MR) is 66.5 cm³/mol. The molecule has 0 radical (unpaired) electrons. The van der Waals surface area contributed by atoms with Crippen molar-refractivity contribution >= 4 is 17.2 Å². The van der Waals surface area contributed by atoms with Crippen LogP contribution in [0.4, 0.5) is 4.39 Å². The van der Waals surface area contributed by atoms with E-state index in [-0.39, 0.29) is 11.7 Å². The van der Waals surface area contributed by atoms with Crippen LogP contribution in [0, 0.1) is 5.82 Å². The second-order valence-electron chi connectivity index (χ2n) is 3.80. The molecule has 0 bridgehead atoms. The van der Waals surface area contributed by atoms with Gasteiger partial charge in [-0.3, -0.25) is 4.79 Å². The van der Waals surface area contributed by atoms with Crippen LogP contribution in [0.15, 0.2) is 41.1 Å². The maximum atomic E-state index is 12.7. The Bertz CT molecular complexity index is 493. The molecule has 17 heavy (non-hydrogen) atoms. The molecule has 0 aliphatic carbocycles. The van der Waals surface area contributed by atoms with E-state index in [4.69, 9.17) is 0 Å². The van der Waals surface area contributed by atoms with Crippen molar-refractivity contribution in [2.45, 2.75) is 6.54 Å². The molecule has 0 atom stereocenters. The van der Waals surface area contributed by atoms with E-state index < -0.39 is 0 Å². The molecule has 4 heteroatoms. The minimum absolute atomic E-state index is 0.0180. The molecule has 1 aromatic carbocycles. The molecule has 1 amide bonds. The Kier molecular flexibility index (Phi) is 3.54. The number of carbonyl (C=O) groups is 1. The lowest BCUT2D eigenvalue weighted by Crippen LogP contribution is -2.25. The first kappa shape index (κ1) is 11.8. The summed E-state index contributed by atoms with van der Waals surface area (Å²) in [5.41, 5.74) is 1.61. The Morgan fingerprint density at radius 2 is 2.00 bits per heavy atom. The predicted octanol–water partition coefficient (Wildman–Crippen LogP) is 3.16. The van der Waals surface area contributed by atoms with Gasteiger partial charge in [-0.25, -0.2) is 4.39 Å². The van der Waals surface area contributed by atoms with Gasteiger partial charge in [-0.2, -0.15) is 11.3 Å². The minimum atomic E-state index is -0.263. The summed E-state index contributed by atoms with van der Waals surface area (Å²) in [5, 5.41) is 3.70. The van der Waals surface area contributed by atoms with Crippen molar-refractivity contribution in [2.24, 2.45) is 0 Å². The number of carbonyl (C=O) groups excluding carboxylic acids is 1. The van der Waals surface area contributed by atoms with Gasteiger partial charge in [0.25, 0.3) is 5.91 Å². The fourth-order valence-electron chi connectivity index (χ4n) is 1.54. The van der Waals surface area contributed by atoms with Gasteiger partial charge in [0.05, 0.1) is 5.56 Å². The van der Waals surface area contributed by atoms with Gasteiger partial charge in [-0.05, 0) is 29.1 Å². The van der Waals surface area contributed by atoms with Gasteiger partial charge >= 0.3 is 0 Å². The summed E-state index contributed by atoms with van der Waals surface area (Å²) in [5.74, 6) is -0.281. The monoisotopic (exact) mass is 249 g/mol. The lowest BCUT2D eigenvalue weighted by Gasteiger charge is -2.16. The van der Waals surface area contributed by atoms with E-state index in [0.29, 0.717) is 12.1 Å². The zero-order valence-corrected chi connectivity index (χ0v) is 10.2. The van der Waals surface area contributed by atoms with E-state index in [9.17, 15) is 9.18 Å². The van der Waals surface area contributed by atoms with Crippen molar-refractivity contribution in [3.63, 3.8) is 0 Å². The van der Waals surface area contributed by atoms with Crippen LogP contribution in [-0.4, -0.2) is 17.9 Å². The molecule has 0 saturated carbocycles. The summed E-state index contributed by atoms with van der Waals surface area (Å²) in [7, 11) is 1.74. The van der Waals surface area contributed by atoms with E-state index in [0.717, 1.165) is 5.56 Å². The largest absolute Gasteiger partial charge is 0.337 e.